The van der Waals surface area contributed by atoms with Crippen molar-refractivity contribution in [2.24, 2.45) is 17.1 Å². The van der Waals surface area contributed by atoms with Crippen LogP contribution in [0.2, 0.25) is 0 Å². The average Bonchev–Trinajstić information content (AvgIpc) is 2.91. The predicted molar refractivity (Wildman–Crippen MR) is 163 cm³/mol. The maximum atomic E-state index is 10.1. The van der Waals surface area contributed by atoms with E-state index in [1.54, 1.807) is 12.3 Å². The Bertz CT molecular complexity index is 1750. The molecule has 4 aromatic rings. The summed E-state index contributed by atoms with van der Waals surface area (Å²) in [7, 11) is 0. The summed E-state index contributed by atoms with van der Waals surface area (Å²) >= 11 is 0. The van der Waals surface area contributed by atoms with E-state index in [2.05, 4.69) is 64.9 Å². The fraction of sp³-hybridized carbons (Fsp3) is 0.333. The Hall–Kier alpha value is -4.82. The molecule has 41 heavy (non-hydrogen) atoms. The third-order valence-corrected chi connectivity index (χ3v) is 8.23. The summed E-state index contributed by atoms with van der Waals surface area (Å²) in [5, 5.41) is 32.4. The Labute approximate surface area is 240 Å². The first kappa shape index (κ1) is 26.4. The van der Waals surface area contributed by atoms with Gasteiger partial charge in [-0.1, -0.05) is 39.0 Å². The summed E-state index contributed by atoms with van der Waals surface area (Å²) in [6.45, 7) is 7.03. The van der Waals surface area contributed by atoms with E-state index in [0.717, 1.165) is 22.4 Å². The second kappa shape index (κ2) is 9.98. The van der Waals surface area contributed by atoms with Crippen molar-refractivity contribution in [2.75, 3.05) is 17.2 Å². The van der Waals surface area contributed by atoms with Crippen LogP contribution in [0.1, 0.15) is 62.8 Å². The van der Waals surface area contributed by atoms with Gasteiger partial charge in [0.25, 0.3) is 0 Å². The zero-order valence-corrected chi connectivity index (χ0v) is 23.6. The zero-order chi connectivity index (χ0) is 28.8. The van der Waals surface area contributed by atoms with Crippen LogP contribution in [-0.4, -0.2) is 22.1 Å². The van der Waals surface area contributed by atoms with E-state index < -0.39 is 6.04 Å². The molecule has 3 saturated carbocycles. The third-order valence-electron chi connectivity index (χ3n) is 8.23. The number of hydrogen-bond donors (Lipinski definition) is 4. The number of pyridine rings is 2. The Morgan fingerprint density at radius 3 is 2.54 bits per heavy atom. The van der Waals surface area contributed by atoms with Crippen molar-refractivity contribution >= 4 is 33.2 Å². The first-order valence-electron chi connectivity index (χ1n) is 14.0. The Balaban J connectivity index is 1.45. The van der Waals surface area contributed by atoms with Crippen LogP contribution in [0.4, 0.5) is 11.4 Å². The fourth-order valence-electron chi connectivity index (χ4n) is 5.96. The zero-order valence-electron chi connectivity index (χ0n) is 23.6. The highest BCUT2D eigenvalue weighted by atomic mass is 15.0. The number of nitrogens with one attached hydrogen (secondary N) is 3. The molecule has 0 radical (unpaired) electrons. The smallest absolute Gasteiger partial charge is 0.103 e. The van der Waals surface area contributed by atoms with Gasteiger partial charge in [0, 0.05) is 47.1 Å². The van der Waals surface area contributed by atoms with Crippen molar-refractivity contribution < 1.29 is 0 Å². The van der Waals surface area contributed by atoms with E-state index in [0.29, 0.717) is 45.6 Å². The molecule has 0 unspecified atom stereocenters. The second-order valence-electron chi connectivity index (χ2n) is 12.6. The molecule has 0 amide bonds. The van der Waals surface area contributed by atoms with E-state index >= 15 is 0 Å². The molecular formula is C33H34N8. The van der Waals surface area contributed by atoms with Gasteiger partial charge >= 0.3 is 0 Å². The summed E-state index contributed by atoms with van der Waals surface area (Å²) in [6.07, 6.45) is 8.85. The van der Waals surface area contributed by atoms with Crippen molar-refractivity contribution in [3.63, 3.8) is 0 Å². The van der Waals surface area contributed by atoms with Crippen molar-refractivity contribution in [1.29, 1.82) is 10.5 Å². The number of nitriles is 2. The largest absolute Gasteiger partial charge is 0.399 e. The molecule has 0 aliphatic heterocycles. The second-order valence-corrected chi connectivity index (χ2v) is 12.6. The van der Waals surface area contributed by atoms with Gasteiger partial charge in [0.1, 0.15) is 12.1 Å². The predicted octanol–water partition coefficient (Wildman–Crippen LogP) is 6.08. The Morgan fingerprint density at radius 1 is 1.07 bits per heavy atom. The SMILES string of the molecule is CC(C)(C)CNc1c(C#N)cnc2c(C#N)cc(N[C@H](/C(N)=C/NC34CC(C3)C4)c3cccc4ncccc34)cc12. The van der Waals surface area contributed by atoms with Crippen molar-refractivity contribution in [3.05, 3.63) is 83.4 Å². The first-order chi connectivity index (χ1) is 19.7. The molecule has 8 nitrogen and oxygen atoms in total. The van der Waals surface area contributed by atoms with Gasteiger partial charge in [-0.2, -0.15) is 10.5 Å². The number of hydrogen-bond acceptors (Lipinski definition) is 8. The molecular weight excluding hydrogens is 508 g/mol. The molecule has 1 atom stereocenters. The lowest BCUT2D eigenvalue weighted by Gasteiger charge is -2.62. The number of fused-ring (bicyclic) bond motifs is 2. The van der Waals surface area contributed by atoms with Crippen molar-refractivity contribution in [3.8, 4) is 12.1 Å². The van der Waals surface area contributed by atoms with Gasteiger partial charge in [-0.25, -0.2) is 0 Å². The normalized spacial score (nSPS) is 20.3. The molecule has 8 heteroatoms. The van der Waals surface area contributed by atoms with E-state index in [9.17, 15) is 10.5 Å². The van der Waals surface area contributed by atoms with Gasteiger partial charge in [-0.05, 0) is 60.4 Å². The summed E-state index contributed by atoms with van der Waals surface area (Å²) < 4.78 is 0. The lowest BCUT2D eigenvalue weighted by atomic mass is 9.50. The highest BCUT2D eigenvalue weighted by Crippen LogP contribution is 2.57. The molecule has 2 bridgehead atoms. The molecule has 3 aliphatic carbocycles. The lowest BCUT2D eigenvalue weighted by Crippen LogP contribution is -2.65. The van der Waals surface area contributed by atoms with Gasteiger partial charge in [-0.3, -0.25) is 9.97 Å². The van der Waals surface area contributed by atoms with Crippen LogP contribution < -0.4 is 21.7 Å². The first-order valence-corrected chi connectivity index (χ1v) is 14.0. The van der Waals surface area contributed by atoms with Gasteiger partial charge < -0.3 is 21.7 Å². The molecule has 206 valence electrons. The van der Waals surface area contributed by atoms with Crippen LogP contribution in [0.25, 0.3) is 21.8 Å². The molecule has 0 saturated heterocycles. The molecule has 3 aliphatic rings. The summed E-state index contributed by atoms with van der Waals surface area (Å²) in [5.74, 6) is 0.852. The fourth-order valence-corrected chi connectivity index (χ4v) is 5.96. The van der Waals surface area contributed by atoms with Gasteiger partial charge in [0.2, 0.25) is 0 Å². The van der Waals surface area contributed by atoms with Gasteiger partial charge in [-0.15, -0.1) is 0 Å². The minimum atomic E-state index is -0.398. The standard InChI is InChI=1S/C33H34N8/c1-32(2,3)19-39-30-22(16-35)17-38-29-21(15-34)10-23(11-26(29)30)41-31(27(36)18-40-33-12-20(13-33)14-33)25-6-4-8-28-24(25)7-5-9-37-28/h4-11,17-18,20,31,40-41H,12-14,19,36H2,1-3H3,(H,38,39)/b27-18-/t20?,31-,33?/m0/s1. The molecule has 2 aromatic heterocycles. The highest BCUT2D eigenvalue weighted by molar-refractivity contribution is 5.99. The maximum absolute atomic E-state index is 10.1. The molecule has 0 spiro atoms. The molecule has 2 heterocycles. The van der Waals surface area contributed by atoms with Gasteiger partial charge in [0.15, 0.2) is 0 Å². The number of nitrogens with two attached hydrogens (primary N) is 1. The van der Waals surface area contributed by atoms with E-state index in [1.165, 1.54) is 25.5 Å². The lowest BCUT2D eigenvalue weighted by molar-refractivity contribution is -0.0401. The topological polar surface area (TPSA) is 135 Å². The summed E-state index contributed by atoms with van der Waals surface area (Å²) in [5.41, 5.74) is 12.3. The minimum absolute atomic E-state index is 0.0175. The quantitative estimate of drug-likeness (QED) is 0.210. The number of aromatic nitrogens is 2. The van der Waals surface area contributed by atoms with Crippen LogP contribution in [0, 0.1) is 34.0 Å². The monoisotopic (exact) mass is 542 g/mol. The molecule has 2 aromatic carbocycles. The van der Waals surface area contributed by atoms with Crippen LogP contribution in [0.5, 0.6) is 0 Å². The van der Waals surface area contributed by atoms with Crippen molar-refractivity contribution in [1.82, 2.24) is 15.3 Å². The molecule has 3 fully saturated rings. The molecule has 7 rings (SSSR count). The highest BCUT2D eigenvalue weighted by Gasteiger charge is 2.56. The Morgan fingerprint density at radius 2 is 1.85 bits per heavy atom. The van der Waals surface area contributed by atoms with E-state index in [4.69, 9.17) is 5.73 Å². The average molecular weight is 543 g/mol. The number of anilines is 2. The number of benzene rings is 2. The van der Waals surface area contributed by atoms with E-state index in [1.807, 2.05) is 36.5 Å². The molecule has 5 N–H and O–H groups in total. The summed E-state index contributed by atoms with van der Waals surface area (Å²) in [4.78, 5) is 9.04. The third kappa shape index (κ3) is 4.98. The van der Waals surface area contributed by atoms with Gasteiger partial charge in [0.05, 0.1) is 39.6 Å². The maximum Gasteiger partial charge on any atom is 0.103 e. The number of nitrogens with zero attached hydrogens (tertiary/aromatic N) is 4. The number of rotatable bonds is 8. The van der Waals surface area contributed by atoms with Crippen LogP contribution in [-0.2, 0) is 0 Å². The summed E-state index contributed by atoms with van der Waals surface area (Å²) in [6, 6.07) is 17.9. The minimum Gasteiger partial charge on any atom is -0.399 e. The van der Waals surface area contributed by atoms with E-state index in [-0.39, 0.29) is 11.0 Å². The van der Waals surface area contributed by atoms with Crippen molar-refractivity contribution in [2.45, 2.75) is 51.6 Å². The Kier molecular flexibility index (Phi) is 6.43. The van der Waals surface area contributed by atoms with Crippen LogP contribution >= 0.6 is 0 Å². The van der Waals surface area contributed by atoms with Crippen LogP contribution in [0.3, 0.4) is 0 Å². The van der Waals surface area contributed by atoms with Crippen LogP contribution in [0.15, 0.2) is 66.8 Å².